The molecule has 0 aliphatic heterocycles. The highest BCUT2D eigenvalue weighted by Gasteiger charge is 2.07. The molecule has 0 atom stereocenters. The Hall–Kier alpha value is -13.9. The molecule has 119 heavy (non-hydrogen) atoms. The van der Waals surface area contributed by atoms with Crippen LogP contribution >= 0.6 is 11.6 Å². The molecule has 0 saturated heterocycles. The van der Waals surface area contributed by atoms with Crippen LogP contribution in [-0.2, 0) is 26.4 Å². The summed E-state index contributed by atoms with van der Waals surface area (Å²) in [4.78, 5) is 0. The van der Waals surface area contributed by atoms with Crippen molar-refractivity contribution >= 4 is 96.7 Å². The first-order valence-electron chi connectivity index (χ1n) is 37.9. The van der Waals surface area contributed by atoms with E-state index in [0.29, 0.717) is 11.1 Å². The van der Waals surface area contributed by atoms with E-state index < -0.39 is 11.6 Å². The van der Waals surface area contributed by atoms with E-state index in [1.165, 1.54) is 59.7 Å². The molecule has 0 aliphatic carbocycles. The molecule has 0 amide bonds. The Labute approximate surface area is 698 Å². The lowest BCUT2D eigenvalue weighted by molar-refractivity contribution is 0.281. The molecular weight excluding hydrogens is 1520 g/mol. The largest absolute Gasteiger partial charge is 0.508 e. The summed E-state index contributed by atoms with van der Waals surface area (Å²) in [7, 11) is 0. The van der Waals surface area contributed by atoms with E-state index in [1.807, 2.05) is 220 Å². The van der Waals surface area contributed by atoms with E-state index >= 15 is 0 Å². The van der Waals surface area contributed by atoms with Gasteiger partial charge in [-0.2, -0.15) is 0 Å². The van der Waals surface area contributed by atoms with Gasteiger partial charge in [-0.05, 0) is 195 Å². The van der Waals surface area contributed by atoms with Crippen molar-refractivity contribution in [1.82, 2.24) is 0 Å². The molecule has 0 unspecified atom stereocenters. The van der Waals surface area contributed by atoms with Crippen LogP contribution in [0, 0.1) is 44.0 Å². The van der Waals surface area contributed by atoms with Gasteiger partial charge in [-0.15, -0.1) is 0 Å². The molecule has 0 heterocycles. The van der Waals surface area contributed by atoms with Gasteiger partial charge in [0.05, 0.1) is 26.4 Å². The number of hydrogen-bond acceptors (Lipinski definition) is 9. The standard InChI is InChI=1S/C16H15FO.C16H16O.C15H13ClO.C15H14O3.C15H14O2.C14H10F2.C14H11FO/c1-12-2-6-15(11-18)14(10-12)7-3-13-4-8-16(17)9-5-13;1-13-3-2-4-15(11-13)8-5-14-6-9-16(12-17)10-7-14;16-15-4-2-1-3-14(15)10-9-12-5-7-13(11-17)8-6-12;16-10-12-6-4-11(5-7-12)8-9-13-2-1-3-14(17)15(13)18;1-11-8-13(10-15(17)9-11)3-2-12-4-6-14(16)7-5-12;15-13-7-4-8-14(16)12(13)10-9-11-5-2-1-3-6-11;15-14-4-2-1-3-12(14)8-5-11-6-9-13(16)10-7-11/h2-10,18H,11H2,1H3;2-11,17H,12H2,1H3;1-10,17H,11H2;1-9,16-18H,10H2;2-10,16-17H,1H3;1-10H;1-10,16H/b7-3+;8-5+;10-9+;9-8+;3-2+;10-9+;8-5+. The molecule has 0 saturated carbocycles. The Bertz CT molecular complexity index is 5630. The molecule has 0 bridgehead atoms. The van der Waals surface area contributed by atoms with Gasteiger partial charge in [-0.3, -0.25) is 0 Å². The molecule has 0 radical (unpaired) electrons. The van der Waals surface area contributed by atoms with Gasteiger partial charge in [0.25, 0.3) is 0 Å². The third-order valence-electron chi connectivity index (χ3n) is 17.6. The van der Waals surface area contributed by atoms with Gasteiger partial charge >= 0.3 is 0 Å². The summed E-state index contributed by atoms with van der Waals surface area (Å²) in [5.74, 6) is -1.07. The predicted octanol–water partition coefficient (Wildman–Crippen LogP) is 25.6. The highest BCUT2D eigenvalue weighted by atomic mass is 35.5. The Balaban J connectivity index is 0.000000173. The van der Waals surface area contributed by atoms with Crippen LogP contribution in [0.4, 0.5) is 17.6 Å². The SMILES string of the molecule is Cc1cc(O)cc(/C=C/c2ccc(O)cc2)c1.Cc1ccc(CO)c(/C=C/c2ccc(F)cc2)c1.Cc1cccc(/C=C/c2ccc(CO)cc2)c1.Fc1cccc(F)c1/C=C/c1ccccc1.OCc1ccc(/C=C/c2cccc(O)c2O)cc1.OCc1ccc(/C=C/c2ccccc2Cl)cc1.Oc1ccc(/C=C/c2ccccc2F)cc1. The zero-order valence-electron chi connectivity index (χ0n) is 65.9. The van der Waals surface area contributed by atoms with Gasteiger partial charge in [0, 0.05) is 21.7 Å². The summed E-state index contributed by atoms with van der Waals surface area (Å²) in [6, 6.07) is 95.2. The number of aromatic hydroxyl groups is 5. The van der Waals surface area contributed by atoms with Crippen LogP contribution in [0.3, 0.4) is 0 Å². The first-order chi connectivity index (χ1) is 57.6. The van der Waals surface area contributed by atoms with Crippen LogP contribution in [0.5, 0.6) is 28.7 Å². The van der Waals surface area contributed by atoms with Crippen molar-refractivity contribution < 1.29 is 63.5 Å². The smallest absolute Gasteiger partial charge is 0.164 e. The summed E-state index contributed by atoms with van der Waals surface area (Å²) in [5, 5.41) is 83.5. The number of benzene rings is 14. The molecule has 14 aromatic carbocycles. The Morgan fingerprint density at radius 1 is 0.252 bits per heavy atom. The van der Waals surface area contributed by atoms with E-state index in [4.69, 9.17) is 37.1 Å². The first kappa shape index (κ1) is 90.6. The average Bonchev–Trinajstić information content (AvgIpc) is 0.851. The highest BCUT2D eigenvalue weighted by molar-refractivity contribution is 6.32. The van der Waals surface area contributed by atoms with E-state index in [1.54, 1.807) is 115 Å². The maximum atomic E-state index is 13.3. The van der Waals surface area contributed by atoms with Gasteiger partial charge < -0.3 is 46.0 Å². The number of aliphatic hydroxyl groups excluding tert-OH is 4. The van der Waals surface area contributed by atoms with Crippen LogP contribution in [0.2, 0.25) is 5.02 Å². The van der Waals surface area contributed by atoms with Gasteiger partial charge in [-0.25, -0.2) is 17.6 Å². The maximum Gasteiger partial charge on any atom is 0.164 e. The van der Waals surface area contributed by atoms with E-state index in [-0.39, 0.29) is 72.4 Å². The van der Waals surface area contributed by atoms with Crippen LogP contribution in [0.1, 0.15) is 117 Å². The number of phenolic OH excluding ortho intramolecular Hbond substituents is 5. The zero-order valence-corrected chi connectivity index (χ0v) is 66.7. The number of aliphatic hydroxyl groups is 4. The van der Waals surface area contributed by atoms with Crippen molar-refractivity contribution in [2.24, 2.45) is 0 Å². The van der Waals surface area contributed by atoms with Crippen molar-refractivity contribution in [3.63, 3.8) is 0 Å². The van der Waals surface area contributed by atoms with Crippen LogP contribution in [0.15, 0.2) is 322 Å². The summed E-state index contributed by atoms with van der Waals surface area (Å²) in [6.45, 7) is 6.26. The summed E-state index contributed by atoms with van der Waals surface area (Å²) < 4.78 is 52.6. The first-order valence-corrected chi connectivity index (χ1v) is 38.3. The minimum absolute atomic E-state index is 0.00801. The van der Waals surface area contributed by atoms with Gasteiger partial charge in [-0.1, -0.05) is 344 Å². The molecule has 0 aliphatic rings. The summed E-state index contributed by atoms with van der Waals surface area (Å²) in [5.41, 5.74) is 19.2. The lowest BCUT2D eigenvalue weighted by atomic mass is 10.0. The van der Waals surface area contributed by atoms with E-state index in [9.17, 15) is 38.0 Å². The minimum atomic E-state index is -0.549. The second-order valence-corrected chi connectivity index (χ2v) is 27.4. The molecule has 9 nitrogen and oxygen atoms in total. The number of halogens is 5. The quantitative estimate of drug-likeness (QED) is 0.0229. The number of phenols is 5. The van der Waals surface area contributed by atoms with Crippen LogP contribution in [-0.4, -0.2) is 46.0 Å². The Kier molecular flexibility index (Phi) is 37.4. The fraction of sp³-hybridized carbons (Fsp3) is 0.0667. The van der Waals surface area contributed by atoms with Gasteiger partial charge in [0.15, 0.2) is 11.5 Å². The van der Waals surface area contributed by atoms with Gasteiger partial charge in [0.2, 0.25) is 0 Å². The minimum Gasteiger partial charge on any atom is -0.508 e. The van der Waals surface area contributed by atoms with Crippen molar-refractivity contribution in [2.75, 3.05) is 0 Å². The van der Waals surface area contributed by atoms with Crippen LogP contribution in [0.25, 0.3) is 85.1 Å². The molecule has 0 aromatic heterocycles. The molecule has 14 heteroatoms. The lowest BCUT2D eigenvalue weighted by Crippen LogP contribution is -1.89. The Morgan fingerprint density at radius 3 is 1.12 bits per heavy atom. The van der Waals surface area contributed by atoms with E-state index in [0.717, 1.165) is 94.0 Å². The molecule has 0 fully saturated rings. The molecule has 602 valence electrons. The van der Waals surface area contributed by atoms with Crippen molar-refractivity contribution in [3.05, 3.63) is 467 Å². The third-order valence-corrected chi connectivity index (χ3v) is 17.9. The number of aryl methyl sites for hydroxylation is 3. The lowest BCUT2D eigenvalue weighted by Gasteiger charge is -2.04. The third kappa shape index (κ3) is 32.7. The fourth-order valence-corrected chi connectivity index (χ4v) is 11.3. The number of para-hydroxylation sites is 1. The number of hydrogen-bond donors (Lipinski definition) is 9. The summed E-state index contributed by atoms with van der Waals surface area (Å²) in [6.07, 6.45) is 26.1. The van der Waals surface area contributed by atoms with E-state index in [2.05, 4.69) is 43.3 Å². The predicted molar refractivity (Wildman–Crippen MR) is 484 cm³/mol. The topological polar surface area (TPSA) is 182 Å². The zero-order chi connectivity index (χ0) is 85.1. The Morgan fingerprint density at radius 2 is 0.622 bits per heavy atom. The van der Waals surface area contributed by atoms with Crippen molar-refractivity contribution in [1.29, 1.82) is 0 Å². The monoisotopic (exact) mass is 1610 g/mol. The summed E-state index contributed by atoms with van der Waals surface area (Å²) >= 11 is 6.05. The normalized spacial score (nSPS) is 10.9. The van der Waals surface area contributed by atoms with Crippen molar-refractivity contribution in [3.8, 4) is 28.7 Å². The second-order valence-electron chi connectivity index (χ2n) is 26.9. The average molecular weight is 1610 g/mol. The molecule has 14 aromatic rings. The van der Waals surface area contributed by atoms with Gasteiger partial charge in [0.1, 0.15) is 40.5 Å². The highest BCUT2D eigenvalue weighted by Crippen LogP contribution is 2.30. The van der Waals surface area contributed by atoms with Crippen LogP contribution < -0.4 is 0 Å². The van der Waals surface area contributed by atoms with Crippen molar-refractivity contribution in [2.45, 2.75) is 47.2 Å². The molecule has 0 spiro atoms. The molecular formula is C105H93ClF4O9. The fourth-order valence-electron chi connectivity index (χ4n) is 11.1. The maximum absolute atomic E-state index is 13.3. The molecule has 14 rings (SSSR count). The molecule has 9 N–H and O–H groups in total. The number of rotatable bonds is 18. The second kappa shape index (κ2) is 49.1.